The largest absolute Gasteiger partial charge is 0.487 e. The van der Waals surface area contributed by atoms with E-state index in [9.17, 15) is 4.79 Å². The minimum absolute atomic E-state index is 0.157. The number of para-hydroxylation sites is 1. The number of amides is 1. The number of nitrogens with one attached hydrogen (secondary N) is 2. The average Bonchev–Trinajstić information content (AvgIpc) is 2.97. The van der Waals surface area contributed by atoms with Crippen LogP contribution >= 0.6 is 0 Å². The first-order valence-electron chi connectivity index (χ1n) is 7.88. The Morgan fingerprint density at radius 2 is 2.00 bits per heavy atom. The average molecular weight is 324 g/mol. The number of hydrogen-bond acceptors (Lipinski definition) is 2. The van der Waals surface area contributed by atoms with Gasteiger partial charge in [0.05, 0.1) is 5.52 Å². The highest BCUT2D eigenvalue weighted by Crippen LogP contribution is 2.28. The van der Waals surface area contributed by atoms with Gasteiger partial charge in [-0.2, -0.15) is 0 Å². The van der Waals surface area contributed by atoms with Crippen molar-refractivity contribution in [1.82, 2.24) is 10.3 Å². The van der Waals surface area contributed by atoms with E-state index >= 15 is 0 Å². The van der Waals surface area contributed by atoms with Crippen molar-refractivity contribution < 1.29 is 14.6 Å². The van der Waals surface area contributed by atoms with E-state index in [4.69, 9.17) is 9.84 Å². The number of aromatic amines is 1. The third-order valence-electron chi connectivity index (χ3n) is 3.90. The van der Waals surface area contributed by atoms with E-state index in [0.717, 1.165) is 27.8 Å². The van der Waals surface area contributed by atoms with Gasteiger partial charge in [-0.25, -0.2) is 4.79 Å². The lowest BCUT2D eigenvalue weighted by atomic mass is 10.1. The minimum Gasteiger partial charge on any atom is -0.487 e. The molecule has 1 amide bonds. The minimum atomic E-state index is -1.01. The molecule has 5 nitrogen and oxygen atoms in total. The summed E-state index contributed by atoms with van der Waals surface area (Å²) in [5.74, 6) is 0.793. The van der Waals surface area contributed by atoms with Gasteiger partial charge in [-0.15, -0.1) is 0 Å². The van der Waals surface area contributed by atoms with Crippen LogP contribution < -0.4 is 10.1 Å². The third-order valence-corrected chi connectivity index (χ3v) is 3.90. The summed E-state index contributed by atoms with van der Waals surface area (Å²) in [6, 6.07) is 15.8. The van der Waals surface area contributed by atoms with Crippen LogP contribution in [0.2, 0.25) is 0 Å². The van der Waals surface area contributed by atoms with Crippen LogP contribution in [0.25, 0.3) is 10.9 Å². The summed E-state index contributed by atoms with van der Waals surface area (Å²) in [7, 11) is 0. The molecule has 0 fully saturated rings. The van der Waals surface area contributed by atoms with Crippen LogP contribution in [0, 0.1) is 0 Å². The fourth-order valence-corrected chi connectivity index (χ4v) is 2.80. The second-order valence-electron chi connectivity index (χ2n) is 5.82. The molecule has 0 aliphatic heterocycles. The van der Waals surface area contributed by atoms with Gasteiger partial charge in [-0.1, -0.05) is 42.5 Å². The lowest BCUT2D eigenvalue weighted by molar-refractivity contribution is 0.190. The Hall–Kier alpha value is -2.95. The SMILES string of the molecule is C[C@H](Cc1c[nH]c2c(OCc3ccccc3)cccc12)NC(=O)O. The number of rotatable bonds is 6. The molecular weight excluding hydrogens is 304 g/mol. The van der Waals surface area contributed by atoms with Crippen LogP contribution in [-0.2, 0) is 13.0 Å². The summed E-state index contributed by atoms with van der Waals surface area (Å²) < 4.78 is 5.95. The lowest BCUT2D eigenvalue weighted by Gasteiger charge is -2.11. The molecule has 2 aromatic carbocycles. The van der Waals surface area contributed by atoms with Crippen molar-refractivity contribution in [3.63, 3.8) is 0 Å². The number of H-pyrrole nitrogens is 1. The van der Waals surface area contributed by atoms with Gasteiger partial charge in [0.1, 0.15) is 12.4 Å². The van der Waals surface area contributed by atoms with Crippen molar-refractivity contribution in [3.05, 3.63) is 65.9 Å². The van der Waals surface area contributed by atoms with E-state index in [2.05, 4.69) is 10.3 Å². The summed E-state index contributed by atoms with van der Waals surface area (Å²) >= 11 is 0. The molecule has 3 rings (SSSR count). The number of aromatic nitrogens is 1. The quantitative estimate of drug-likeness (QED) is 0.643. The zero-order valence-electron chi connectivity index (χ0n) is 13.5. The summed E-state index contributed by atoms with van der Waals surface area (Å²) in [6.45, 7) is 2.36. The van der Waals surface area contributed by atoms with Crippen LogP contribution in [0.5, 0.6) is 5.75 Å². The van der Waals surface area contributed by atoms with E-state index in [1.807, 2.05) is 61.7 Å². The number of benzene rings is 2. The van der Waals surface area contributed by atoms with Gasteiger partial charge < -0.3 is 20.1 Å². The smallest absolute Gasteiger partial charge is 0.404 e. The van der Waals surface area contributed by atoms with Crippen LogP contribution in [0.1, 0.15) is 18.1 Å². The molecule has 0 bridgehead atoms. The zero-order valence-corrected chi connectivity index (χ0v) is 13.5. The monoisotopic (exact) mass is 324 g/mol. The Bertz CT molecular complexity index is 827. The van der Waals surface area contributed by atoms with E-state index < -0.39 is 6.09 Å². The lowest BCUT2D eigenvalue weighted by Crippen LogP contribution is -2.32. The Morgan fingerprint density at radius 3 is 2.75 bits per heavy atom. The molecule has 0 unspecified atom stereocenters. The fraction of sp³-hybridized carbons (Fsp3) is 0.211. The number of fused-ring (bicyclic) bond motifs is 1. The maximum atomic E-state index is 10.7. The van der Waals surface area contributed by atoms with Crippen LogP contribution in [0.15, 0.2) is 54.7 Å². The Balaban J connectivity index is 1.77. The molecule has 1 aromatic heterocycles. The van der Waals surface area contributed by atoms with Crippen molar-refractivity contribution in [2.45, 2.75) is 26.0 Å². The Morgan fingerprint density at radius 1 is 1.21 bits per heavy atom. The van der Waals surface area contributed by atoms with E-state index in [1.165, 1.54) is 0 Å². The first-order chi connectivity index (χ1) is 11.6. The Kier molecular flexibility index (Phi) is 4.70. The van der Waals surface area contributed by atoms with Crippen LogP contribution in [-0.4, -0.2) is 22.2 Å². The predicted octanol–water partition coefficient (Wildman–Crippen LogP) is 3.95. The molecule has 3 N–H and O–H groups in total. The number of carbonyl (C=O) groups is 1. The molecule has 0 saturated heterocycles. The molecule has 1 atom stereocenters. The number of hydrogen-bond donors (Lipinski definition) is 3. The molecule has 0 aliphatic carbocycles. The van der Waals surface area contributed by atoms with Gasteiger partial charge in [0.15, 0.2) is 0 Å². The predicted molar refractivity (Wildman–Crippen MR) is 93.4 cm³/mol. The van der Waals surface area contributed by atoms with Gasteiger partial charge in [0.25, 0.3) is 0 Å². The molecule has 124 valence electrons. The summed E-state index contributed by atoms with van der Waals surface area (Å²) in [6.07, 6.45) is 1.53. The standard InChI is InChI=1S/C19H20N2O3/c1-13(21-19(22)23)10-15-11-20-18-16(15)8-5-9-17(18)24-12-14-6-3-2-4-7-14/h2-9,11,13,20-21H,10,12H2,1H3,(H,22,23)/t13-/m1/s1. The molecular formula is C19H20N2O3. The van der Waals surface area contributed by atoms with E-state index in [-0.39, 0.29) is 6.04 Å². The van der Waals surface area contributed by atoms with Gasteiger partial charge in [0, 0.05) is 17.6 Å². The van der Waals surface area contributed by atoms with Crippen LogP contribution in [0.3, 0.4) is 0 Å². The second-order valence-corrected chi connectivity index (χ2v) is 5.82. The highest BCUT2D eigenvalue weighted by atomic mass is 16.5. The number of ether oxygens (including phenoxy) is 1. The molecule has 24 heavy (non-hydrogen) atoms. The van der Waals surface area contributed by atoms with Crippen molar-refractivity contribution in [2.75, 3.05) is 0 Å². The summed E-state index contributed by atoms with van der Waals surface area (Å²) in [4.78, 5) is 14.0. The highest BCUT2D eigenvalue weighted by molar-refractivity contribution is 5.88. The van der Waals surface area contributed by atoms with E-state index in [1.54, 1.807) is 0 Å². The number of carboxylic acid groups (broad SMARTS) is 1. The Labute approximate surface area is 140 Å². The normalized spacial score (nSPS) is 12.0. The fourth-order valence-electron chi connectivity index (χ4n) is 2.80. The first kappa shape index (κ1) is 15.9. The van der Waals surface area contributed by atoms with Crippen molar-refractivity contribution in [3.8, 4) is 5.75 Å². The molecule has 0 saturated carbocycles. The molecule has 3 aromatic rings. The summed E-state index contributed by atoms with van der Waals surface area (Å²) in [5, 5.41) is 12.3. The summed E-state index contributed by atoms with van der Waals surface area (Å²) in [5.41, 5.74) is 3.11. The molecule has 5 heteroatoms. The van der Waals surface area contributed by atoms with Crippen molar-refractivity contribution >= 4 is 17.0 Å². The zero-order chi connectivity index (χ0) is 16.9. The highest BCUT2D eigenvalue weighted by Gasteiger charge is 2.12. The molecule has 0 spiro atoms. The molecule has 0 radical (unpaired) electrons. The maximum absolute atomic E-state index is 10.7. The third kappa shape index (κ3) is 3.68. The van der Waals surface area contributed by atoms with Gasteiger partial charge in [-0.05, 0) is 30.5 Å². The van der Waals surface area contributed by atoms with Gasteiger partial charge >= 0.3 is 6.09 Å². The topological polar surface area (TPSA) is 74.3 Å². The van der Waals surface area contributed by atoms with Crippen molar-refractivity contribution in [2.24, 2.45) is 0 Å². The van der Waals surface area contributed by atoms with Crippen LogP contribution in [0.4, 0.5) is 4.79 Å². The maximum Gasteiger partial charge on any atom is 0.404 e. The van der Waals surface area contributed by atoms with Gasteiger partial charge in [0.2, 0.25) is 0 Å². The molecule has 0 aliphatic rings. The second kappa shape index (κ2) is 7.08. The van der Waals surface area contributed by atoms with Crippen molar-refractivity contribution in [1.29, 1.82) is 0 Å². The van der Waals surface area contributed by atoms with Gasteiger partial charge in [-0.3, -0.25) is 0 Å². The van der Waals surface area contributed by atoms with E-state index in [0.29, 0.717) is 13.0 Å². The first-order valence-corrected chi connectivity index (χ1v) is 7.88. The molecule has 1 heterocycles.